The molecule has 0 fully saturated rings. The van der Waals surface area contributed by atoms with Crippen molar-refractivity contribution in [2.75, 3.05) is 6.61 Å². The number of allylic oxidation sites excluding steroid dienone is 1. The average molecular weight is 248 g/mol. The second kappa shape index (κ2) is 4.88. The van der Waals surface area contributed by atoms with Crippen LogP contribution in [-0.4, -0.2) is 11.3 Å². The predicted molar refractivity (Wildman–Crippen MR) is 71.4 cm³/mol. The molecule has 0 amide bonds. The molecule has 0 saturated carbocycles. The van der Waals surface area contributed by atoms with Crippen LogP contribution >= 0.6 is 0 Å². The first-order valence-corrected chi connectivity index (χ1v) is 6.31. The Morgan fingerprint density at radius 2 is 2.33 bits per heavy atom. The maximum Gasteiger partial charge on any atom is 0.288 e. The molecule has 4 nitrogen and oxygen atoms in total. The van der Waals surface area contributed by atoms with Gasteiger partial charge in [-0.05, 0) is 24.5 Å². The van der Waals surface area contributed by atoms with Gasteiger partial charge in [-0.1, -0.05) is 20.4 Å². The Morgan fingerprint density at radius 1 is 1.61 bits per heavy atom. The van der Waals surface area contributed by atoms with E-state index in [0.717, 1.165) is 28.9 Å². The molecule has 1 aliphatic heterocycles. The average Bonchev–Trinajstić information content (AvgIpc) is 2.76. The number of hydrogen-bond donors (Lipinski definition) is 1. The van der Waals surface area contributed by atoms with Gasteiger partial charge in [0.1, 0.15) is 6.61 Å². The van der Waals surface area contributed by atoms with Crippen molar-refractivity contribution < 1.29 is 4.84 Å². The fourth-order valence-corrected chi connectivity index (χ4v) is 2.00. The van der Waals surface area contributed by atoms with Gasteiger partial charge < -0.3 is 10.2 Å². The second-order valence-electron chi connectivity index (χ2n) is 5.01. The highest BCUT2D eigenvalue weighted by atomic mass is 16.7. The zero-order valence-electron chi connectivity index (χ0n) is 11.2. The van der Waals surface area contributed by atoms with E-state index in [2.05, 4.69) is 25.7 Å². The third kappa shape index (κ3) is 2.28. The summed E-state index contributed by atoms with van der Waals surface area (Å²) in [5.41, 5.74) is 3.62. The van der Waals surface area contributed by atoms with Gasteiger partial charge in [0.05, 0.1) is 5.69 Å². The number of rotatable bonds is 4. The Kier molecular flexibility index (Phi) is 3.45. The van der Waals surface area contributed by atoms with Crippen LogP contribution in [0.2, 0.25) is 0 Å². The number of nitrogens with zero attached hydrogens (tertiary/aromatic N) is 1. The smallest absolute Gasteiger partial charge is 0.288 e. The molecule has 0 spiro atoms. The van der Waals surface area contributed by atoms with Crippen molar-refractivity contribution in [2.45, 2.75) is 33.7 Å². The van der Waals surface area contributed by atoms with E-state index in [0.29, 0.717) is 19.1 Å². The lowest BCUT2D eigenvalue weighted by Crippen LogP contribution is -2.31. The third-order valence-electron chi connectivity index (χ3n) is 3.33. The predicted octanol–water partition coefficient (Wildman–Crippen LogP) is 1.40. The normalized spacial score (nSPS) is 13.3. The molecule has 0 aliphatic carbocycles. The third-order valence-corrected chi connectivity index (χ3v) is 3.33. The summed E-state index contributed by atoms with van der Waals surface area (Å²) in [6.07, 6.45) is 0.808. The highest BCUT2D eigenvalue weighted by Gasteiger charge is 2.17. The van der Waals surface area contributed by atoms with Gasteiger partial charge in [0.25, 0.3) is 5.56 Å². The van der Waals surface area contributed by atoms with Crippen LogP contribution in [0.5, 0.6) is 0 Å². The topological polar surface area (TPSA) is 43.3 Å². The zero-order chi connectivity index (χ0) is 13.3. The van der Waals surface area contributed by atoms with Crippen LogP contribution in [0.4, 0.5) is 0 Å². The number of fused-ring (bicyclic) bond motifs is 1. The number of nitrogens with one attached hydrogen (secondary N) is 1. The van der Waals surface area contributed by atoms with Crippen LogP contribution in [0.1, 0.15) is 30.7 Å². The molecule has 0 radical (unpaired) electrons. The first-order chi connectivity index (χ1) is 8.50. The van der Waals surface area contributed by atoms with Crippen molar-refractivity contribution >= 4 is 0 Å². The molecule has 0 aromatic carbocycles. The van der Waals surface area contributed by atoms with Crippen molar-refractivity contribution in [3.63, 3.8) is 0 Å². The lowest BCUT2D eigenvalue weighted by molar-refractivity contribution is 0.140. The first kappa shape index (κ1) is 12.7. The Hall–Kier alpha value is -1.71. The van der Waals surface area contributed by atoms with Crippen LogP contribution in [0.25, 0.3) is 0 Å². The summed E-state index contributed by atoms with van der Waals surface area (Å²) >= 11 is 0. The van der Waals surface area contributed by atoms with Crippen molar-refractivity contribution in [1.29, 1.82) is 0 Å². The molecule has 1 N–H and O–H groups in total. The molecule has 98 valence electrons. The molecule has 4 heteroatoms. The Balaban J connectivity index is 2.24. The van der Waals surface area contributed by atoms with Crippen molar-refractivity contribution in [1.82, 2.24) is 10.0 Å². The largest absolute Gasteiger partial charge is 0.410 e. The van der Waals surface area contributed by atoms with Gasteiger partial charge in [-0.25, -0.2) is 0 Å². The Morgan fingerprint density at radius 3 is 3.00 bits per heavy atom. The minimum atomic E-state index is -0.0495. The van der Waals surface area contributed by atoms with E-state index in [1.807, 2.05) is 13.0 Å². The summed E-state index contributed by atoms with van der Waals surface area (Å²) in [6, 6.07) is 2.03. The van der Waals surface area contributed by atoms with Crippen LogP contribution in [0.15, 0.2) is 23.1 Å². The van der Waals surface area contributed by atoms with Crippen LogP contribution in [0.3, 0.4) is 0 Å². The highest BCUT2D eigenvalue weighted by Crippen LogP contribution is 2.11. The quantitative estimate of drug-likeness (QED) is 0.876. The number of hydrogen-bond acceptors (Lipinski definition) is 3. The minimum absolute atomic E-state index is 0.0495. The first-order valence-electron chi connectivity index (χ1n) is 6.31. The minimum Gasteiger partial charge on any atom is -0.410 e. The fraction of sp³-hybridized carbons (Fsp3) is 0.500. The standard InChI is InChI=1S/C14H20N2O2/c1-9(2)11(4)15-8-13-10(3)7-12-5-6-18-16(12)14(13)17/h7,9,15H,4-6,8H2,1-3H3. The summed E-state index contributed by atoms with van der Waals surface area (Å²) in [5.74, 6) is 0.360. The van der Waals surface area contributed by atoms with Crippen LogP contribution in [-0.2, 0) is 13.0 Å². The molecule has 0 bridgehead atoms. The van der Waals surface area contributed by atoms with Gasteiger partial charge in [-0.3, -0.25) is 4.79 Å². The molecule has 18 heavy (non-hydrogen) atoms. The van der Waals surface area contributed by atoms with Crippen molar-refractivity contribution in [3.05, 3.63) is 45.5 Å². The lowest BCUT2D eigenvalue weighted by atomic mass is 10.1. The number of aromatic nitrogens is 1. The second-order valence-corrected chi connectivity index (χ2v) is 5.01. The van der Waals surface area contributed by atoms with E-state index in [4.69, 9.17) is 4.84 Å². The molecule has 1 aromatic heterocycles. The van der Waals surface area contributed by atoms with E-state index in [1.165, 1.54) is 4.73 Å². The summed E-state index contributed by atoms with van der Waals surface area (Å²) < 4.78 is 1.42. The van der Waals surface area contributed by atoms with Gasteiger partial charge in [0.2, 0.25) is 0 Å². The number of pyridine rings is 1. The van der Waals surface area contributed by atoms with Crippen molar-refractivity contribution in [3.8, 4) is 0 Å². The molecule has 0 saturated heterocycles. The highest BCUT2D eigenvalue weighted by molar-refractivity contribution is 5.27. The maximum absolute atomic E-state index is 12.2. The van der Waals surface area contributed by atoms with E-state index < -0.39 is 0 Å². The zero-order valence-corrected chi connectivity index (χ0v) is 11.2. The van der Waals surface area contributed by atoms with E-state index >= 15 is 0 Å². The molecular weight excluding hydrogens is 228 g/mol. The van der Waals surface area contributed by atoms with E-state index in [9.17, 15) is 4.79 Å². The summed E-state index contributed by atoms with van der Waals surface area (Å²) in [4.78, 5) is 17.6. The Labute approximate surface area is 107 Å². The molecular formula is C14H20N2O2. The van der Waals surface area contributed by atoms with Gasteiger partial charge in [0, 0.05) is 24.2 Å². The van der Waals surface area contributed by atoms with Crippen LogP contribution < -0.4 is 15.7 Å². The summed E-state index contributed by atoms with van der Waals surface area (Å²) in [6.45, 7) is 11.2. The van der Waals surface area contributed by atoms with E-state index in [1.54, 1.807) is 0 Å². The maximum atomic E-state index is 12.2. The Bertz CT molecular complexity index is 529. The van der Waals surface area contributed by atoms with Crippen molar-refractivity contribution in [2.24, 2.45) is 5.92 Å². The SMILES string of the molecule is C=C(NCc1c(C)cc2n(c1=O)OCC2)C(C)C. The summed E-state index contributed by atoms with van der Waals surface area (Å²) in [7, 11) is 0. The fourth-order valence-electron chi connectivity index (χ4n) is 2.00. The van der Waals surface area contributed by atoms with E-state index in [-0.39, 0.29) is 5.56 Å². The molecule has 0 unspecified atom stereocenters. The van der Waals surface area contributed by atoms with Gasteiger partial charge in [0.15, 0.2) is 0 Å². The molecule has 0 atom stereocenters. The lowest BCUT2D eigenvalue weighted by Gasteiger charge is -2.14. The summed E-state index contributed by atoms with van der Waals surface area (Å²) in [5, 5.41) is 3.21. The number of aryl methyl sites for hydroxylation is 1. The van der Waals surface area contributed by atoms with Crippen LogP contribution in [0, 0.1) is 12.8 Å². The van der Waals surface area contributed by atoms with Gasteiger partial charge in [-0.15, -0.1) is 4.73 Å². The molecule has 1 aliphatic rings. The molecule has 2 heterocycles. The molecule has 1 aromatic rings. The van der Waals surface area contributed by atoms with Gasteiger partial charge in [-0.2, -0.15) is 0 Å². The van der Waals surface area contributed by atoms with Gasteiger partial charge >= 0.3 is 0 Å². The molecule has 2 rings (SSSR count). The monoisotopic (exact) mass is 248 g/mol.